The number of nitriles is 1. The maximum absolute atomic E-state index is 12.8. The van der Waals surface area contributed by atoms with Crippen molar-refractivity contribution in [3.05, 3.63) is 83.5 Å². The first-order valence-electron chi connectivity index (χ1n) is 13.8. The van der Waals surface area contributed by atoms with E-state index in [0.717, 1.165) is 55.7 Å². The second-order valence-electron chi connectivity index (χ2n) is 9.44. The Morgan fingerprint density at radius 3 is 2.51 bits per heavy atom. The molecule has 0 radical (unpaired) electrons. The van der Waals surface area contributed by atoms with Crippen molar-refractivity contribution in [1.82, 2.24) is 20.4 Å². The van der Waals surface area contributed by atoms with E-state index in [9.17, 15) is 4.79 Å². The average Bonchev–Trinajstić information content (AvgIpc) is 2.97. The third-order valence-corrected chi connectivity index (χ3v) is 6.60. The predicted molar refractivity (Wildman–Crippen MR) is 164 cm³/mol. The fraction of sp³-hybridized carbons (Fsp3) is 0.406. The number of nitrogens with one attached hydrogen (secondary N) is 2. The van der Waals surface area contributed by atoms with E-state index >= 15 is 0 Å². The van der Waals surface area contributed by atoms with Gasteiger partial charge in [0.25, 0.3) is 5.91 Å². The van der Waals surface area contributed by atoms with Gasteiger partial charge < -0.3 is 15.1 Å². The first-order chi connectivity index (χ1) is 18.9. The zero-order chi connectivity index (χ0) is 28.6. The molecule has 4 rings (SSSR count). The molecule has 1 unspecified atom stereocenters. The van der Waals surface area contributed by atoms with E-state index in [0.29, 0.717) is 18.2 Å². The molecule has 2 N–H and O–H groups in total. The van der Waals surface area contributed by atoms with Crippen LogP contribution in [0.15, 0.2) is 77.3 Å². The molecule has 2 aromatic rings. The lowest BCUT2D eigenvalue weighted by atomic mass is 9.95. The van der Waals surface area contributed by atoms with Gasteiger partial charge in [-0.1, -0.05) is 57.7 Å². The van der Waals surface area contributed by atoms with Crippen LogP contribution >= 0.6 is 0 Å². The number of allylic oxidation sites excluding steroid dienone is 5. The lowest BCUT2D eigenvalue weighted by molar-refractivity contribution is 0.0664. The molecule has 2 aliphatic rings. The number of fused-ring (bicyclic) bond motifs is 1. The molecule has 1 aliphatic heterocycles. The topological polar surface area (TPSA) is 83.8 Å². The van der Waals surface area contributed by atoms with Crippen molar-refractivity contribution >= 4 is 23.0 Å². The number of piperazine rings is 1. The Balaban J connectivity index is 0.000000372. The van der Waals surface area contributed by atoms with Crippen molar-refractivity contribution in [2.45, 2.75) is 27.2 Å². The molecule has 0 spiro atoms. The Kier molecular flexibility index (Phi) is 13.7. The molecule has 2 aromatic carbocycles. The standard InChI is InChI=1S/C21H29N5O.C9H9N.C2H6/c1-22-15-24-16-23-8-7-17-3-4-19-14-20(6-5-18(19)13-17)21(27)26-11-9-25(2)10-12-26;1-7-3-4-9(6-10)5-8(7)2;1-2/h3-6,13-15,23H,7-12,16H2,1-2H3,(H,22,24);3-5,7H,2H2,1H3;1-2H3. The number of hydrogen-bond acceptors (Lipinski definition) is 5. The largest absolute Gasteiger partial charge is 0.364 e. The third kappa shape index (κ3) is 10.2. The number of carbonyl (C=O) groups is 1. The average molecular weight is 529 g/mol. The van der Waals surface area contributed by atoms with Crippen molar-refractivity contribution in [2.24, 2.45) is 10.9 Å². The van der Waals surface area contributed by atoms with Crippen LogP contribution in [0.25, 0.3) is 10.8 Å². The summed E-state index contributed by atoms with van der Waals surface area (Å²) in [5.74, 6) is 0.526. The molecule has 7 nitrogen and oxygen atoms in total. The summed E-state index contributed by atoms with van der Waals surface area (Å²) >= 11 is 0. The van der Waals surface area contributed by atoms with E-state index in [1.807, 2.05) is 49.1 Å². The second-order valence-corrected chi connectivity index (χ2v) is 9.44. The summed E-state index contributed by atoms with van der Waals surface area (Å²) in [6, 6.07) is 14.6. The summed E-state index contributed by atoms with van der Waals surface area (Å²) in [7, 11) is 3.84. The molecule has 0 bridgehead atoms. The Bertz CT molecular complexity index is 1210. The fourth-order valence-electron chi connectivity index (χ4n) is 4.13. The van der Waals surface area contributed by atoms with E-state index in [1.165, 1.54) is 10.9 Å². The quantitative estimate of drug-likeness (QED) is 0.234. The highest BCUT2D eigenvalue weighted by Crippen LogP contribution is 2.20. The Labute approximate surface area is 234 Å². The number of nitrogens with zero attached hydrogens (tertiary/aromatic N) is 4. The summed E-state index contributed by atoms with van der Waals surface area (Å²) in [5.41, 5.74) is 3.78. The summed E-state index contributed by atoms with van der Waals surface area (Å²) < 4.78 is 0. The van der Waals surface area contributed by atoms with E-state index in [2.05, 4.69) is 71.4 Å². The molecular weight excluding hydrogens is 484 g/mol. The Morgan fingerprint density at radius 2 is 1.85 bits per heavy atom. The fourth-order valence-corrected chi connectivity index (χ4v) is 4.13. The Morgan fingerprint density at radius 1 is 1.15 bits per heavy atom. The van der Waals surface area contributed by atoms with Crippen molar-refractivity contribution in [3.63, 3.8) is 0 Å². The first-order valence-corrected chi connectivity index (χ1v) is 13.8. The molecule has 7 heteroatoms. The van der Waals surface area contributed by atoms with Crippen molar-refractivity contribution in [2.75, 3.05) is 53.5 Å². The summed E-state index contributed by atoms with van der Waals surface area (Å²) in [4.78, 5) is 20.8. The van der Waals surface area contributed by atoms with Crippen LogP contribution in [0, 0.1) is 17.2 Å². The first kappa shape index (κ1) is 31.5. The molecule has 39 heavy (non-hydrogen) atoms. The zero-order valence-electron chi connectivity index (χ0n) is 24.2. The zero-order valence-corrected chi connectivity index (χ0v) is 24.2. The number of benzene rings is 2. The van der Waals surface area contributed by atoms with Crippen LogP contribution < -0.4 is 10.6 Å². The second kappa shape index (κ2) is 17.0. The molecule has 1 amide bonds. The number of rotatable bonds is 7. The predicted octanol–water partition coefficient (Wildman–Crippen LogP) is 4.79. The molecule has 0 saturated carbocycles. The van der Waals surface area contributed by atoms with Gasteiger partial charge in [-0.3, -0.25) is 15.1 Å². The highest BCUT2D eigenvalue weighted by molar-refractivity contribution is 5.98. The highest BCUT2D eigenvalue weighted by Gasteiger charge is 2.20. The van der Waals surface area contributed by atoms with Gasteiger partial charge in [-0.05, 0) is 65.6 Å². The van der Waals surface area contributed by atoms with Gasteiger partial charge in [0.15, 0.2) is 0 Å². The molecule has 1 fully saturated rings. The van der Waals surface area contributed by atoms with Crippen LogP contribution in [-0.2, 0) is 6.42 Å². The van der Waals surface area contributed by atoms with E-state index < -0.39 is 0 Å². The van der Waals surface area contributed by atoms with Gasteiger partial charge in [0, 0.05) is 45.3 Å². The van der Waals surface area contributed by atoms with Gasteiger partial charge in [-0.25, -0.2) is 0 Å². The highest BCUT2D eigenvalue weighted by atomic mass is 16.2. The minimum absolute atomic E-state index is 0.140. The molecule has 1 aliphatic carbocycles. The molecule has 1 atom stereocenters. The van der Waals surface area contributed by atoms with E-state index in [1.54, 1.807) is 13.4 Å². The third-order valence-electron chi connectivity index (χ3n) is 6.60. The van der Waals surface area contributed by atoms with Crippen LogP contribution in [0.5, 0.6) is 0 Å². The number of hydrogen-bond donors (Lipinski definition) is 2. The maximum Gasteiger partial charge on any atom is 0.253 e. The minimum atomic E-state index is 0.140. The molecule has 1 heterocycles. The van der Waals surface area contributed by atoms with Gasteiger partial charge in [0.05, 0.1) is 24.6 Å². The molecule has 208 valence electrons. The summed E-state index contributed by atoms with van der Waals surface area (Å²) in [5, 5.41) is 17.2. The molecule has 1 saturated heterocycles. The number of amides is 1. The summed E-state index contributed by atoms with van der Waals surface area (Å²) in [6.07, 6.45) is 8.29. The van der Waals surface area contributed by atoms with Crippen LogP contribution in [-0.4, -0.2) is 75.5 Å². The number of aliphatic imine (C=N–C) groups is 1. The van der Waals surface area contributed by atoms with Crippen LogP contribution in [0.3, 0.4) is 0 Å². The number of likely N-dealkylation sites (N-methyl/N-ethyl adjacent to an activating group) is 1. The van der Waals surface area contributed by atoms with Gasteiger partial charge in [0.1, 0.15) is 0 Å². The van der Waals surface area contributed by atoms with Crippen molar-refractivity contribution < 1.29 is 4.79 Å². The van der Waals surface area contributed by atoms with Crippen molar-refractivity contribution in [3.8, 4) is 6.07 Å². The SMILES string of the molecule is C=C1C=C(C#N)C=CC1C.CC.CN=CNCNCCc1ccc2cc(C(=O)N3CCN(C)CC3)ccc2c1. The molecular formula is C32H44N6O. The van der Waals surface area contributed by atoms with Gasteiger partial charge in [-0.2, -0.15) is 5.26 Å². The summed E-state index contributed by atoms with van der Waals surface area (Å²) in [6.45, 7) is 15.0. The van der Waals surface area contributed by atoms with Gasteiger partial charge >= 0.3 is 0 Å². The van der Waals surface area contributed by atoms with Crippen molar-refractivity contribution in [1.29, 1.82) is 5.26 Å². The number of carbonyl (C=O) groups excluding carboxylic acids is 1. The van der Waals surface area contributed by atoms with E-state index in [-0.39, 0.29) is 5.91 Å². The lowest BCUT2D eigenvalue weighted by Gasteiger charge is -2.32. The van der Waals surface area contributed by atoms with Gasteiger partial charge in [-0.15, -0.1) is 0 Å². The van der Waals surface area contributed by atoms with Crippen LogP contribution in [0.2, 0.25) is 0 Å². The van der Waals surface area contributed by atoms with Gasteiger partial charge in [0.2, 0.25) is 0 Å². The van der Waals surface area contributed by atoms with Crippen LogP contribution in [0.1, 0.15) is 36.7 Å². The minimum Gasteiger partial charge on any atom is -0.364 e. The maximum atomic E-state index is 12.8. The van der Waals surface area contributed by atoms with E-state index in [4.69, 9.17) is 5.26 Å². The lowest BCUT2D eigenvalue weighted by Crippen LogP contribution is -2.47. The molecule has 0 aromatic heterocycles. The Hall–Kier alpha value is -3.73. The monoisotopic (exact) mass is 528 g/mol. The van der Waals surface area contributed by atoms with Crippen LogP contribution in [0.4, 0.5) is 0 Å². The normalized spacial score (nSPS) is 17.0. The smallest absolute Gasteiger partial charge is 0.253 e.